The van der Waals surface area contributed by atoms with Crippen LogP contribution in [0.15, 0.2) is 53.7 Å². The number of rotatable bonds is 7. The van der Waals surface area contributed by atoms with Crippen molar-refractivity contribution in [3.8, 4) is 5.75 Å². The number of hydrogen-bond acceptors (Lipinski definition) is 8. The molecular weight excluding hydrogens is 507 g/mol. The highest BCUT2D eigenvalue weighted by molar-refractivity contribution is 6.16. The summed E-state index contributed by atoms with van der Waals surface area (Å²) in [7, 11) is 2.71. The Morgan fingerprint density at radius 1 is 1.21 bits per heavy atom. The zero-order valence-corrected chi connectivity index (χ0v) is 21.6. The number of ether oxygens (including phenoxy) is 3. The van der Waals surface area contributed by atoms with Gasteiger partial charge in [-0.15, -0.1) is 0 Å². The van der Waals surface area contributed by atoms with Gasteiger partial charge in [0.25, 0.3) is 0 Å². The first-order valence-corrected chi connectivity index (χ1v) is 12.7. The van der Waals surface area contributed by atoms with E-state index in [9.17, 15) is 23.9 Å². The van der Waals surface area contributed by atoms with E-state index in [1.165, 1.54) is 12.1 Å². The van der Waals surface area contributed by atoms with E-state index in [1.807, 2.05) is 24.3 Å². The topological polar surface area (TPSA) is 115 Å². The van der Waals surface area contributed by atoms with Gasteiger partial charge in [-0.05, 0) is 71.9 Å². The van der Waals surface area contributed by atoms with E-state index in [0.717, 1.165) is 29.5 Å². The number of allylic oxidation sites excluding steroid dienone is 1. The summed E-state index contributed by atoms with van der Waals surface area (Å²) < 4.78 is 30.4. The van der Waals surface area contributed by atoms with Crippen LogP contribution < -0.4 is 0 Å². The summed E-state index contributed by atoms with van der Waals surface area (Å²) in [6, 6.07) is 9.73. The largest absolute Gasteiger partial charge is 0.505 e. The first-order chi connectivity index (χ1) is 18.8. The number of hydrogen-bond donors (Lipinski definition) is 1. The number of imide groups is 3. The van der Waals surface area contributed by atoms with Crippen molar-refractivity contribution in [2.75, 3.05) is 27.4 Å². The van der Waals surface area contributed by atoms with Gasteiger partial charge in [0.15, 0.2) is 11.6 Å². The highest BCUT2D eigenvalue weighted by Crippen LogP contribution is 2.50. The third-order valence-corrected chi connectivity index (χ3v) is 7.67. The first kappa shape index (κ1) is 26.7. The number of amides is 3. The lowest BCUT2D eigenvalue weighted by Crippen LogP contribution is -2.38. The van der Waals surface area contributed by atoms with Crippen LogP contribution >= 0.6 is 0 Å². The third-order valence-electron chi connectivity index (χ3n) is 7.67. The number of carbonyl (C=O) groups excluding carboxylic acids is 3. The van der Waals surface area contributed by atoms with Crippen molar-refractivity contribution >= 4 is 29.6 Å². The van der Waals surface area contributed by atoms with Crippen LogP contribution in [0.3, 0.4) is 0 Å². The fourth-order valence-electron chi connectivity index (χ4n) is 5.98. The van der Waals surface area contributed by atoms with Crippen molar-refractivity contribution in [3.05, 3.63) is 70.8 Å². The molecule has 4 atom stereocenters. The maximum Gasteiger partial charge on any atom is 0.423 e. The van der Waals surface area contributed by atoms with Crippen LogP contribution in [0.1, 0.15) is 30.5 Å². The number of pyridine rings is 1. The number of aromatic hydroxyl groups is 1. The molecular formula is C29H29FN2O7. The molecule has 0 unspecified atom stereocenters. The van der Waals surface area contributed by atoms with Crippen molar-refractivity contribution in [2.24, 2.45) is 17.8 Å². The van der Waals surface area contributed by atoms with Gasteiger partial charge in [0.2, 0.25) is 11.8 Å². The lowest BCUT2D eigenvalue weighted by Gasteiger charge is -2.31. The number of likely N-dealkylation sites (tertiary alicyclic amines) is 1. The monoisotopic (exact) mass is 536 g/mol. The highest BCUT2D eigenvalue weighted by Gasteiger charge is 2.58. The molecule has 3 aliphatic rings. The number of fused-ring (bicyclic) bond motifs is 3. The number of phenolic OH excluding ortho intramolecular Hbond substituents is 1. The molecule has 0 saturated carbocycles. The van der Waals surface area contributed by atoms with Crippen LogP contribution in [0.5, 0.6) is 5.75 Å². The van der Waals surface area contributed by atoms with Crippen molar-refractivity contribution in [2.45, 2.75) is 25.4 Å². The highest BCUT2D eigenvalue weighted by atomic mass is 19.1. The van der Waals surface area contributed by atoms with Gasteiger partial charge in [-0.1, -0.05) is 12.1 Å². The van der Waals surface area contributed by atoms with Gasteiger partial charge < -0.3 is 19.3 Å². The Labute approximate surface area is 224 Å². The van der Waals surface area contributed by atoms with E-state index in [2.05, 4.69) is 9.72 Å². The first-order valence-electron chi connectivity index (χ1n) is 12.7. The molecule has 9 nitrogen and oxygen atoms in total. The van der Waals surface area contributed by atoms with E-state index < -0.39 is 41.3 Å². The minimum absolute atomic E-state index is 0.244. The van der Waals surface area contributed by atoms with Crippen molar-refractivity contribution < 1.29 is 38.1 Å². The number of benzene rings is 1. The molecule has 5 rings (SSSR count). The molecule has 10 heteroatoms. The van der Waals surface area contributed by atoms with E-state index in [4.69, 9.17) is 9.47 Å². The van der Waals surface area contributed by atoms with Crippen LogP contribution in [0.25, 0.3) is 11.6 Å². The molecule has 2 fully saturated rings. The van der Waals surface area contributed by atoms with E-state index >= 15 is 0 Å². The van der Waals surface area contributed by atoms with E-state index in [-0.39, 0.29) is 25.2 Å². The second-order valence-electron chi connectivity index (χ2n) is 9.87. The summed E-state index contributed by atoms with van der Waals surface area (Å²) in [4.78, 5) is 43.5. The van der Waals surface area contributed by atoms with E-state index in [0.29, 0.717) is 29.7 Å². The van der Waals surface area contributed by atoms with E-state index in [1.54, 1.807) is 19.4 Å². The molecule has 1 aromatic heterocycles. The number of nitrogens with zero attached hydrogens (tertiary/aromatic N) is 2. The zero-order chi connectivity index (χ0) is 27.7. The van der Waals surface area contributed by atoms with Crippen LogP contribution in [0.2, 0.25) is 0 Å². The molecule has 0 radical (unpaired) electrons. The number of carbonyl (C=O) groups is 3. The summed E-state index contributed by atoms with van der Waals surface area (Å²) in [5.74, 6) is -3.93. The molecule has 1 aromatic carbocycles. The molecule has 0 spiro atoms. The minimum atomic E-state index is -0.972. The smallest absolute Gasteiger partial charge is 0.423 e. The van der Waals surface area contributed by atoms with Gasteiger partial charge in [-0.25, -0.2) is 9.18 Å². The molecule has 2 aliphatic heterocycles. The van der Waals surface area contributed by atoms with Crippen LogP contribution in [-0.2, 0) is 23.8 Å². The second-order valence-corrected chi connectivity index (χ2v) is 9.87. The lowest BCUT2D eigenvalue weighted by molar-refractivity contribution is -0.137. The normalized spacial score (nSPS) is 24.7. The Hall–Kier alpha value is -3.89. The molecule has 2 aromatic rings. The van der Waals surface area contributed by atoms with Gasteiger partial charge in [0.05, 0.1) is 44.0 Å². The average Bonchev–Trinajstić information content (AvgIpc) is 3.47. The summed E-state index contributed by atoms with van der Waals surface area (Å²) in [5.41, 5.74) is 4.00. The molecule has 204 valence electrons. The Bertz CT molecular complexity index is 1360. The summed E-state index contributed by atoms with van der Waals surface area (Å²) in [6.07, 6.45) is 3.57. The number of aromatic nitrogens is 1. The molecule has 1 aliphatic carbocycles. The SMILES string of the molecule is COCC1=C2[C@@H](CC/C(=C/c3ccc(O)c(F)c3)c3ccccn3)OC[C@@H]2[C@@H]2C(=O)N(C(=O)OC)C(=O)[C@@H]2C1. The fraction of sp³-hybridized carbons (Fsp3) is 0.379. The molecule has 0 bridgehead atoms. The maximum atomic E-state index is 14.0. The standard InChI is InChI=1S/C29H29FN2O7/c1-37-14-18-13-19-26(28(35)32(27(19)34)29(36)38-2)20-15-39-24(25(18)20)9-7-17(22-5-3-4-10-31-22)11-16-6-8-23(33)21(30)12-16/h3-6,8,10-12,19-20,24,26,33H,7,9,13-15H2,1-2H3/b17-11-/t19-,20+,24-,26-/m1/s1. The van der Waals surface area contributed by atoms with Crippen molar-refractivity contribution in [3.63, 3.8) is 0 Å². The molecule has 39 heavy (non-hydrogen) atoms. The Morgan fingerprint density at radius 3 is 2.72 bits per heavy atom. The van der Waals surface area contributed by atoms with Gasteiger partial charge in [-0.2, -0.15) is 4.90 Å². The molecule has 2 saturated heterocycles. The number of halogens is 1. The molecule has 3 heterocycles. The minimum Gasteiger partial charge on any atom is -0.505 e. The van der Waals surface area contributed by atoms with Crippen LogP contribution in [0, 0.1) is 23.6 Å². The maximum absolute atomic E-state index is 14.0. The number of phenols is 1. The average molecular weight is 537 g/mol. The van der Waals surface area contributed by atoms with Crippen LogP contribution in [0.4, 0.5) is 9.18 Å². The summed E-state index contributed by atoms with van der Waals surface area (Å²) in [5, 5.41) is 9.57. The third kappa shape index (κ3) is 4.97. The zero-order valence-electron chi connectivity index (χ0n) is 21.6. The van der Waals surface area contributed by atoms with Gasteiger partial charge in [-0.3, -0.25) is 14.6 Å². The van der Waals surface area contributed by atoms with Crippen LogP contribution in [-0.4, -0.2) is 66.4 Å². The van der Waals surface area contributed by atoms with Crippen molar-refractivity contribution in [1.82, 2.24) is 9.88 Å². The fourth-order valence-corrected chi connectivity index (χ4v) is 5.98. The summed E-state index contributed by atoms with van der Waals surface area (Å²) in [6.45, 7) is 0.526. The second kappa shape index (κ2) is 11.1. The predicted molar refractivity (Wildman–Crippen MR) is 137 cm³/mol. The van der Waals surface area contributed by atoms with Gasteiger partial charge >= 0.3 is 6.09 Å². The Kier molecular flexibility index (Phi) is 7.58. The molecule has 1 N–H and O–H groups in total. The Balaban J connectivity index is 1.43. The van der Waals surface area contributed by atoms with Crippen molar-refractivity contribution in [1.29, 1.82) is 0 Å². The predicted octanol–water partition coefficient (Wildman–Crippen LogP) is 3.98. The Morgan fingerprint density at radius 2 is 2.03 bits per heavy atom. The quantitative estimate of drug-likeness (QED) is 0.418. The number of methoxy groups -OCH3 is 2. The molecule has 3 amide bonds. The van der Waals surface area contributed by atoms with Gasteiger partial charge in [0.1, 0.15) is 0 Å². The lowest BCUT2D eigenvalue weighted by atomic mass is 9.69. The van der Waals surface area contributed by atoms with Gasteiger partial charge in [0, 0.05) is 19.2 Å². The summed E-state index contributed by atoms with van der Waals surface area (Å²) >= 11 is 0.